The molecule has 3 aliphatic rings. The van der Waals surface area contributed by atoms with Crippen LogP contribution in [-0.2, 0) is 0 Å². The standard InChI is InChI=1S/C19H23FN2O/c20-18-5-3-15(4-6-18)19(23)22-9-7-21(8-10-22)13-17-12-14-1-2-16(17)11-14/h1-6,14,16-17H,7-13H2/t14-,16+,17+/m1/s1. The number of allylic oxidation sites excluding steroid dienone is 2. The molecule has 2 bridgehead atoms. The number of carbonyl (C=O) groups is 1. The fourth-order valence-electron chi connectivity index (χ4n) is 4.34. The van der Waals surface area contributed by atoms with Gasteiger partial charge in [0, 0.05) is 38.3 Å². The van der Waals surface area contributed by atoms with Crippen molar-refractivity contribution < 1.29 is 9.18 Å². The van der Waals surface area contributed by atoms with Gasteiger partial charge in [0.05, 0.1) is 0 Å². The van der Waals surface area contributed by atoms with E-state index in [0.717, 1.165) is 43.9 Å². The van der Waals surface area contributed by atoms with Crippen molar-refractivity contribution in [3.05, 3.63) is 47.8 Å². The molecule has 1 saturated carbocycles. The van der Waals surface area contributed by atoms with Gasteiger partial charge in [-0.1, -0.05) is 12.2 Å². The van der Waals surface area contributed by atoms with E-state index < -0.39 is 0 Å². The molecule has 0 spiro atoms. The van der Waals surface area contributed by atoms with Gasteiger partial charge in [0.2, 0.25) is 0 Å². The zero-order valence-corrected chi connectivity index (χ0v) is 13.3. The van der Waals surface area contributed by atoms with Gasteiger partial charge in [-0.05, 0) is 54.9 Å². The Morgan fingerprint density at radius 1 is 1.04 bits per heavy atom. The molecule has 3 nitrogen and oxygen atoms in total. The molecule has 122 valence electrons. The average molecular weight is 314 g/mol. The fraction of sp³-hybridized carbons (Fsp3) is 0.526. The van der Waals surface area contributed by atoms with E-state index in [0.29, 0.717) is 5.56 Å². The topological polar surface area (TPSA) is 23.6 Å². The summed E-state index contributed by atoms with van der Waals surface area (Å²) < 4.78 is 13.0. The molecule has 1 aromatic carbocycles. The third-order valence-corrected chi connectivity index (χ3v) is 5.66. The molecule has 4 heteroatoms. The summed E-state index contributed by atoms with van der Waals surface area (Å²) in [5, 5.41) is 0. The molecule has 2 fully saturated rings. The first kappa shape index (κ1) is 14.9. The molecule has 3 atom stereocenters. The molecule has 1 amide bonds. The summed E-state index contributed by atoms with van der Waals surface area (Å²) in [6.45, 7) is 4.61. The Morgan fingerprint density at radius 3 is 2.39 bits per heavy atom. The lowest BCUT2D eigenvalue weighted by Gasteiger charge is -2.37. The van der Waals surface area contributed by atoms with Gasteiger partial charge in [-0.15, -0.1) is 0 Å². The van der Waals surface area contributed by atoms with Crippen LogP contribution in [0.3, 0.4) is 0 Å². The Labute approximate surface area is 136 Å². The van der Waals surface area contributed by atoms with E-state index in [2.05, 4.69) is 17.1 Å². The lowest BCUT2D eigenvalue weighted by atomic mass is 9.93. The highest BCUT2D eigenvalue weighted by atomic mass is 19.1. The lowest BCUT2D eigenvalue weighted by molar-refractivity contribution is 0.0610. The molecule has 1 aromatic rings. The molecule has 0 unspecified atom stereocenters. The highest BCUT2D eigenvalue weighted by Gasteiger charge is 2.36. The van der Waals surface area contributed by atoms with Crippen molar-refractivity contribution in [3.63, 3.8) is 0 Å². The quantitative estimate of drug-likeness (QED) is 0.801. The monoisotopic (exact) mass is 314 g/mol. The smallest absolute Gasteiger partial charge is 0.253 e. The van der Waals surface area contributed by atoms with E-state index in [4.69, 9.17) is 0 Å². The number of amides is 1. The van der Waals surface area contributed by atoms with Crippen LogP contribution < -0.4 is 0 Å². The van der Waals surface area contributed by atoms with Gasteiger partial charge in [0.15, 0.2) is 0 Å². The van der Waals surface area contributed by atoms with Crippen molar-refractivity contribution in [2.24, 2.45) is 17.8 Å². The molecular weight excluding hydrogens is 291 g/mol. The van der Waals surface area contributed by atoms with Crippen molar-refractivity contribution in [1.82, 2.24) is 9.80 Å². The van der Waals surface area contributed by atoms with Crippen LogP contribution in [0.15, 0.2) is 36.4 Å². The average Bonchev–Trinajstić information content (AvgIpc) is 3.18. The molecule has 1 heterocycles. The number of halogens is 1. The first-order valence-electron chi connectivity index (χ1n) is 8.64. The third kappa shape index (κ3) is 3.05. The number of hydrogen-bond donors (Lipinski definition) is 0. The molecule has 23 heavy (non-hydrogen) atoms. The van der Waals surface area contributed by atoms with Crippen LogP contribution in [0.2, 0.25) is 0 Å². The minimum atomic E-state index is -0.300. The lowest BCUT2D eigenvalue weighted by Crippen LogP contribution is -2.50. The number of benzene rings is 1. The summed E-state index contributed by atoms with van der Waals surface area (Å²) in [4.78, 5) is 16.8. The molecule has 4 rings (SSSR count). The van der Waals surface area contributed by atoms with Crippen LogP contribution >= 0.6 is 0 Å². The minimum absolute atomic E-state index is 0.0208. The SMILES string of the molecule is O=C(c1ccc(F)cc1)N1CCN(C[C@@H]2C[C@@H]3C=C[C@H]2C3)CC1. The number of fused-ring (bicyclic) bond motifs is 2. The van der Waals surface area contributed by atoms with Crippen molar-refractivity contribution in [1.29, 1.82) is 0 Å². The zero-order valence-electron chi connectivity index (χ0n) is 13.3. The van der Waals surface area contributed by atoms with Gasteiger partial charge in [0.25, 0.3) is 5.91 Å². The second kappa shape index (κ2) is 6.08. The molecule has 2 aliphatic carbocycles. The Kier molecular flexibility index (Phi) is 3.93. The van der Waals surface area contributed by atoms with E-state index in [1.165, 1.54) is 31.5 Å². The Bertz CT molecular complexity index is 604. The maximum Gasteiger partial charge on any atom is 0.253 e. The number of nitrogens with zero attached hydrogens (tertiary/aromatic N) is 2. The Hall–Kier alpha value is -1.68. The van der Waals surface area contributed by atoms with Gasteiger partial charge >= 0.3 is 0 Å². The normalized spacial score (nSPS) is 30.1. The predicted molar refractivity (Wildman–Crippen MR) is 87.6 cm³/mol. The summed E-state index contributed by atoms with van der Waals surface area (Å²) in [6, 6.07) is 5.86. The van der Waals surface area contributed by atoms with E-state index in [-0.39, 0.29) is 11.7 Å². The number of piperazine rings is 1. The number of hydrogen-bond acceptors (Lipinski definition) is 2. The summed E-state index contributed by atoms with van der Waals surface area (Å²) in [5.74, 6) is 2.15. The van der Waals surface area contributed by atoms with E-state index in [1.807, 2.05) is 4.90 Å². The second-order valence-corrected chi connectivity index (χ2v) is 7.14. The first-order valence-corrected chi connectivity index (χ1v) is 8.64. The predicted octanol–water partition coefficient (Wildman–Crippen LogP) is 2.80. The maximum absolute atomic E-state index is 13.0. The van der Waals surface area contributed by atoms with Gasteiger partial charge in [-0.25, -0.2) is 4.39 Å². The van der Waals surface area contributed by atoms with Crippen LogP contribution in [0.4, 0.5) is 4.39 Å². The van der Waals surface area contributed by atoms with Crippen molar-refractivity contribution in [3.8, 4) is 0 Å². The van der Waals surface area contributed by atoms with E-state index in [9.17, 15) is 9.18 Å². The zero-order chi connectivity index (χ0) is 15.8. The number of carbonyl (C=O) groups excluding carboxylic acids is 1. The molecule has 1 saturated heterocycles. The van der Waals surface area contributed by atoms with E-state index in [1.54, 1.807) is 12.1 Å². The molecule has 1 aliphatic heterocycles. The highest BCUT2D eigenvalue weighted by Crippen LogP contribution is 2.43. The van der Waals surface area contributed by atoms with Gasteiger partial charge in [0.1, 0.15) is 5.82 Å². The Balaban J connectivity index is 1.29. The summed E-state index contributed by atoms with van der Waals surface area (Å²) in [7, 11) is 0. The third-order valence-electron chi connectivity index (χ3n) is 5.66. The van der Waals surface area contributed by atoms with Crippen LogP contribution in [0, 0.1) is 23.6 Å². The van der Waals surface area contributed by atoms with Crippen molar-refractivity contribution >= 4 is 5.91 Å². The van der Waals surface area contributed by atoms with Crippen molar-refractivity contribution in [2.45, 2.75) is 12.8 Å². The molecular formula is C19H23FN2O. The molecule has 0 N–H and O–H groups in total. The molecule has 0 aromatic heterocycles. The fourth-order valence-corrected chi connectivity index (χ4v) is 4.34. The summed E-state index contributed by atoms with van der Waals surface area (Å²) >= 11 is 0. The van der Waals surface area contributed by atoms with Crippen LogP contribution in [0.25, 0.3) is 0 Å². The van der Waals surface area contributed by atoms with Crippen LogP contribution in [0.1, 0.15) is 23.2 Å². The van der Waals surface area contributed by atoms with Gasteiger partial charge in [-0.3, -0.25) is 9.69 Å². The minimum Gasteiger partial charge on any atom is -0.336 e. The largest absolute Gasteiger partial charge is 0.336 e. The van der Waals surface area contributed by atoms with E-state index >= 15 is 0 Å². The first-order chi connectivity index (χ1) is 11.2. The van der Waals surface area contributed by atoms with Gasteiger partial charge < -0.3 is 4.90 Å². The summed E-state index contributed by atoms with van der Waals surface area (Å²) in [5.41, 5.74) is 0.582. The number of rotatable bonds is 3. The highest BCUT2D eigenvalue weighted by molar-refractivity contribution is 5.94. The summed E-state index contributed by atoms with van der Waals surface area (Å²) in [6.07, 6.45) is 7.50. The second-order valence-electron chi connectivity index (χ2n) is 7.14. The maximum atomic E-state index is 13.0. The Morgan fingerprint density at radius 2 is 1.78 bits per heavy atom. The van der Waals surface area contributed by atoms with Crippen LogP contribution in [-0.4, -0.2) is 48.4 Å². The van der Waals surface area contributed by atoms with Crippen molar-refractivity contribution in [2.75, 3.05) is 32.7 Å². The van der Waals surface area contributed by atoms with Gasteiger partial charge in [-0.2, -0.15) is 0 Å². The van der Waals surface area contributed by atoms with Crippen LogP contribution in [0.5, 0.6) is 0 Å². The molecule has 0 radical (unpaired) electrons.